The summed E-state index contributed by atoms with van der Waals surface area (Å²) >= 11 is 0. The monoisotopic (exact) mass is 204 g/mol. The maximum Gasteiger partial charge on any atom is 0.303 e. The minimum absolute atomic E-state index is 0.303. The molecule has 2 rings (SSSR count). The Morgan fingerprint density at radius 3 is 2.87 bits per heavy atom. The van der Waals surface area contributed by atoms with Gasteiger partial charge in [-0.2, -0.15) is 0 Å². The van der Waals surface area contributed by atoms with Crippen LogP contribution in [0.4, 0.5) is 0 Å². The van der Waals surface area contributed by atoms with Crippen molar-refractivity contribution in [3.05, 3.63) is 30.1 Å². The summed E-state index contributed by atoms with van der Waals surface area (Å²) < 4.78 is 5.03. The van der Waals surface area contributed by atoms with Crippen LogP contribution in [0.3, 0.4) is 0 Å². The number of aromatic amines is 1. The van der Waals surface area contributed by atoms with Crippen LogP contribution < -0.4 is 0 Å². The van der Waals surface area contributed by atoms with Crippen LogP contribution in [-0.4, -0.2) is 15.9 Å². The molecule has 4 nitrogen and oxygen atoms in total. The number of para-hydroxylation sites is 2. The summed E-state index contributed by atoms with van der Waals surface area (Å²) in [5.41, 5.74) is 1.83. The van der Waals surface area contributed by atoms with Gasteiger partial charge >= 0.3 is 5.97 Å². The van der Waals surface area contributed by atoms with Crippen molar-refractivity contribution in [3.8, 4) is 0 Å². The molecule has 4 heteroatoms. The maximum absolute atomic E-state index is 10.8. The summed E-state index contributed by atoms with van der Waals surface area (Å²) in [6.45, 7) is 3.18. The molecular formula is C11H12N2O2. The Morgan fingerprint density at radius 1 is 1.47 bits per heavy atom. The predicted octanol–water partition coefficient (Wildman–Crippen LogP) is 2.19. The first-order chi connectivity index (χ1) is 7.16. The van der Waals surface area contributed by atoms with E-state index in [1.807, 2.05) is 24.3 Å². The van der Waals surface area contributed by atoms with Crippen LogP contribution in [0.5, 0.6) is 0 Å². The van der Waals surface area contributed by atoms with Crippen molar-refractivity contribution >= 4 is 17.0 Å². The van der Waals surface area contributed by atoms with Gasteiger partial charge in [0.25, 0.3) is 0 Å². The largest absolute Gasteiger partial charge is 0.455 e. The standard InChI is InChI=1S/C11H12N2O2/c1-7(15-8(2)14)11-12-9-5-3-4-6-10(9)13-11/h3-7H,1-2H3,(H,12,13)/t7-/m0/s1. The average molecular weight is 204 g/mol. The SMILES string of the molecule is CC(=O)O[C@@H](C)c1nc2ccccc2[nH]1. The second kappa shape index (κ2) is 3.73. The maximum atomic E-state index is 10.8. The average Bonchev–Trinajstić information content (AvgIpc) is 2.59. The lowest BCUT2D eigenvalue weighted by Gasteiger charge is -2.07. The Balaban J connectivity index is 2.32. The van der Waals surface area contributed by atoms with E-state index in [0.717, 1.165) is 11.0 Å². The number of nitrogens with zero attached hydrogens (tertiary/aromatic N) is 1. The summed E-state index contributed by atoms with van der Waals surface area (Å²) in [6, 6.07) is 7.70. The Kier molecular flexibility index (Phi) is 2.41. The number of carbonyl (C=O) groups excluding carboxylic acids is 1. The summed E-state index contributed by atoms with van der Waals surface area (Å²) in [7, 11) is 0. The van der Waals surface area contributed by atoms with Crippen molar-refractivity contribution in [2.45, 2.75) is 20.0 Å². The third-order valence-electron chi connectivity index (χ3n) is 2.14. The van der Waals surface area contributed by atoms with Crippen molar-refractivity contribution in [2.24, 2.45) is 0 Å². The van der Waals surface area contributed by atoms with Crippen molar-refractivity contribution in [3.63, 3.8) is 0 Å². The second-order valence-corrected chi connectivity index (χ2v) is 3.39. The molecule has 0 aliphatic rings. The molecule has 0 spiro atoms. The number of imidazole rings is 1. The molecule has 0 saturated heterocycles. The van der Waals surface area contributed by atoms with Gasteiger partial charge in [-0.05, 0) is 19.1 Å². The van der Waals surface area contributed by atoms with Crippen molar-refractivity contribution in [2.75, 3.05) is 0 Å². The summed E-state index contributed by atoms with van der Waals surface area (Å²) in [4.78, 5) is 18.2. The van der Waals surface area contributed by atoms with Crippen LogP contribution in [0, 0.1) is 0 Å². The van der Waals surface area contributed by atoms with Crippen molar-refractivity contribution < 1.29 is 9.53 Å². The molecule has 0 aliphatic carbocycles. The lowest BCUT2D eigenvalue weighted by molar-refractivity contribution is -0.146. The highest BCUT2D eigenvalue weighted by molar-refractivity contribution is 5.75. The van der Waals surface area contributed by atoms with E-state index in [1.165, 1.54) is 6.92 Å². The lowest BCUT2D eigenvalue weighted by Crippen LogP contribution is -2.06. The van der Waals surface area contributed by atoms with Gasteiger partial charge in [-0.1, -0.05) is 12.1 Å². The number of nitrogens with one attached hydrogen (secondary N) is 1. The lowest BCUT2D eigenvalue weighted by atomic mass is 10.3. The molecule has 1 aromatic carbocycles. The van der Waals surface area contributed by atoms with Crippen LogP contribution in [0.2, 0.25) is 0 Å². The molecule has 0 radical (unpaired) electrons. The number of rotatable bonds is 2. The molecule has 0 bridgehead atoms. The minimum atomic E-state index is -0.338. The van der Waals surface area contributed by atoms with Crippen LogP contribution >= 0.6 is 0 Å². The van der Waals surface area contributed by atoms with E-state index >= 15 is 0 Å². The number of H-pyrrole nitrogens is 1. The quantitative estimate of drug-likeness (QED) is 0.763. The van der Waals surface area contributed by atoms with Crippen molar-refractivity contribution in [1.29, 1.82) is 0 Å². The molecule has 15 heavy (non-hydrogen) atoms. The minimum Gasteiger partial charge on any atom is -0.455 e. The first-order valence-electron chi connectivity index (χ1n) is 4.78. The molecular weight excluding hydrogens is 192 g/mol. The number of esters is 1. The molecule has 1 atom stereocenters. The number of carbonyl (C=O) groups is 1. The molecule has 0 saturated carbocycles. The summed E-state index contributed by atoms with van der Waals surface area (Å²) in [6.07, 6.45) is -0.338. The molecule has 1 heterocycles. The fraction of sp³-hybridized carbons (Fsp3) is 0.273. The number of benzene rings is 1. The van der Waals surface area contributed by atoms with E-state index in [2.05, 4.69) is 9.97 Å². The summed E-state index contributed by atoms with van der Waals surface area (Å²) in [5, 5.41) is 0. The normalized spacial score (nSPS) is 12.7. The highest BCUT2D eigenvalue weighted by atomic mass is 16.5. The van der Waals surface area contributed by atoms with E-state index in [0.29, 0.717) is 5.82 Å². The van der Waals surface area contributed by atoms with Crippen LogP contribution in [0.25, 0.3) is 11.0 Å². The fourth-order valence-electron chi connectivity index (χ4n) is 1.47. The molecule has 1 N–H and O–H groups in total. The molecule has 0 fully saturated rings. The van der Waals surface area contributed by atoms with E-state index in [9.17, 15) is 4.79 Å². The fourth-order valence-corrected chi connectivity index (χ4v) is 1.47. The van der Waals surface area contributed by atoms with Gasteiger partial charge in [-0.25, -0.2) is 4.98 Å². The van der Waals surface area contributed by atoms with Crippen molar-refractivity contribution in [1.82, 2.24) is 9.97 Å². The molecule has 78 valence electrons. The molecule has 0 unspecified atom stereocenters. The molecule has 2 aromatic rings. The van der Waals surface area contributed by atoms with Gasteiger partial charge in [0.15, 0.2) is 6.10 Å². The first-order valence-corrected chi connectivity index (χ1v) is 4.78. The number of ether oxygens (including phenoxy) is 1. The third-order valence-corrected chi connectivity index (χ3v) is 2.14. The van der Waals surface area contributed by atoms with Crippen LogP contribution in [-0.2, 0) is 9.53 Å². The smallest absolute Gasteiger partial charge is 0.303 e. The van der Waals surface area contributed by atoms with E-state index in [1.54, 1.807) is 6.92 Å². The van der Waals surface area contributed by atoms with E-state index in [4.69, 9.17) is 4.74 Å². The van der Waals surface area contributed by atoms with E-state index < -0.39 is 0 Å². The van der Waals surface area contributed by atoms with Gasteiger partial charge in [0.05, 0.1) is 11.0 Å². The molecule has 0 amide bonds. The number of fused-ring (bicyclic) bond motifs is 1. The first kappa shape index (κ1) is 9.71. The zero-order chi connectivity index (χ0) is 10.8. The topological polar surface area (TPSA) is 55.0 Å². The molecule has 0 aliphatic heterocycles. The predicted molar refractivity (Wildman–Crippen MR) is 56.3 cm³/mol. The summed E-state index contributed by atoms with van der Waals surface area (Å²) in [5.74, 6) is 0.370. The zero-order valence-corrected chi connectivity index (χ0v) is 8.65. The third kappa shape index (κ3) is 1.98. The second-order valence-electron chi connectivity index (χ2n) is 3.39. The Bertz CT molecular complexity index is 457. The number of hydrogen-bond donors (Lipinski definition) is 1. The Morgan fingerprint density at radius 2 is 2.20 bits per heavy atom. The van der Waals surface area contributed by atoms with Gasteiger partial charge in [0, 0.05) is 6.92 Å². The van der Waals surface area contributed by atoms with E-state index in [-0.39, 0.29) is 12.1 Å². The Hall–Kier alpha value is -1.84. The highest BCUT2D eigenvalue weighted by Crippen LogP contribution is 2.17. The van der Waals surface area contributed by atoms with Gasteiger partial charge in [0.1, 0.15) is 5.82 Å². The number of aromatic nitrogens is 2. The zero-order valence-electron chi connectivity index (χ0n) is 8.65. The number of hydrogen-bond acceptors (Lipinski definition) is 3. The van der Waals surface area contributed by atoms with Gasteiger partial charge < -0.3 is 9.72 Å². The molecule has 1 aromatic heterocycles. The highest BCUT2D eigenvalue weighted by Gasteiger charge is 2.12. The van der Waals surface area contributed by atoms with Gasteiger partial charge in [-0.15, -0.1) is 0 Å². The van der Waals surface area contributed by atoms with Gasteiger partial charge in [-0.3, -0.25) is 4.79 Å². The van der Waals surface area contributed by atoms with Crippen LogP contribution in [0.15, 0.2) is 24.3 Å². The van der Waals surface area contributed by atoms with Gasteiger partial charge in [0.2, 0.25) is 0 Å². The van der Waals surface area contributed by atoms with Crippen LogP contribution in [0.1, 0.15) is 25.8 Å². The Labute approximate surface area is 87.3 Å².